The Morgan fingerprint density at radius 3 is 2.27 bits per heavy atom. The van der Waals surface area contributed by atoms with Crippen molar-refractivity contribution in [3.05, 3.63) is 60.2 Å². The first-order valence-corrected chi connectivity index (χ1v) is 10.5. The minimum Gasteiger partial charge on any atom is -0.490 e. The molecule has 2 N–H and O–H groups in total. The van der Waals surface area contributed by atoms with Crippen molar-refractivity contribution in [2.45, 2.75) is 26.1 Å². The van der Waals surface area contributed by atoms with Gasteiger partial charge in [0.2, 0.25) is 0 Å². The van der Waals surface area contributed by atoms with E-state index >= 15 is 0 Å². The predicted octanol–water partition coefficient (Wildman–Crippen LogP) is 3.07. The zero-order chi connectivity index (χ0) is 23.9. The molecule has 1 aliphatic rings. The Hall–Kier alpha value is -3.27. The van der Waals surface area contributed by atoms with Gasteiger partial charge in [-0.3, -0.25) is 25.3 Å². The molecule has 2 aromatic rings. The van der Waals surface area contributed by atoms with Crippen LogP contribution in [-0.2, 0) is 16.1 Å². The summed E-state index contributed by atoms with van der Waals surface area (Å²) in [5.74, 6) is -1.36. The first kappa shape index (κ1) is 24.4. The van der Waals surface area contributed by atoms with Crippen LogP contribution in [0.15, 0.2) is 54.6 Å². The molecule has 0 saturated carbocycles. The third-order valence-electron chi connectivity index (χ3n) is 5.40. The standard InChI is InChI=1S/C23H26F3N3O4/c1-2-32-18-10-6-7-11-19(18)33-15-20(30)27-28-21(31)22(23(24,25)26)12-13-29(16-22)14-17-8-4-3-5-9-17/h3-11H,2,12-16H2,1H3,(H,27,30)(H,28,31). The van der Waals surface area contributed by atoms with Crippen molar-refractivity contribution >= 4 is 11.8 Å². The van der Waals surface area contributed by atoms with E-state index in [1.54, 1.807) is 48.2 Å². The number of carbonyl (C=O) groups is 2. The molecule has 33 heavy (non-hydrogen) atoms. The highest BCUT2D eigenvalue weighted by Crippen LogP contribution is 2.46. The van der Waals surface area contributed by atoms with Crippen molar-refractivity contribution < 1.29 is 32.2 Å². The van der Waals surface area contributed by atoms with E-state index in [-0.39, 0.29) is 6.54 Å². The van der Waals surface area contributed by atoms with Crippen molar-refractivity contribution in [2.75, 3.05) is 26.3 Å². The number of ether oxygens (including phenoxy) is 2. The van der Waals surface area contributed by atoms with Gasteiger partial charge in [0.25, 0.3) is 11.8 Å². The van der Waals surface area contributed by atoms with Gasteiger partial charge in [-0.25, -0.2) is 0 Å². The molecule has 0 aromatic heterocycles. The molecule has 1 fully saturated rings. The van der Waals surface area contributed by atoms with Crippen LogP contribution in [-0.4, -0.2) is 49.2 Å². The molecular formula is C23H26F3N3O4. The molecule has 0 aliphatic carbocycles. The van der Waals surface area contributed by atoms with Gasteiger partial charge in [0.1, 0.15) is 0 Å². The number of nitrogens with one attached hydrogen (secondary N) is 2. The van der Waals surface area contributed by atoms with Gasteiger partial charge in [-0.1, -0.05) is 42.5 Å². The lowest BCUT2D eigenvalue weighted by atomic mass is 9.85. The topological polar surface area (TPSA) is 79.9 Å². The maximum atomic E-state index is 14.0. The fraction of sp³-hybridized carbons (Fsp3) is 0.391. The van der Waals surface area contributed by atoms with E-state index in [0.717, 1.165) is 5.56 Å². The average molecular weight is 465 g/mol. The predicted molar refractivity (Wildman–Crippen MR) is 114 cm³/mol. The first-order valence-electron chi connectivity index (χ1n) is 10.5. The summed E-state index contributed by atoms with van der Waals surface area (Å²) in [5, 5.41) is 0. The average Bonchev–Trinajstić information content (AvgIpc) is 3.23. The molecule has 10 heteroatoms. The number of para-hydroxylation sites is 2. The molecular weight excluding hydrogens is 439 g/mol. The second-order valence-corrected chi connectivity index (χ2v) is 7.70. The molecule has 178 valence electrons. The molecule has 1 saturated heterocycles. The van der Waals surface area contributed by atoms with Crippen molar-refractivity contribution in [3.63, 3.8) is 0 Å². The summed E-state index contributed by atoms with van der Waals surface area (Å²) in [4.78, 5) is 26.3. The number of hydrogen-bond acceptors (Lipinski definition) is 5. The van der Waals surface area contributed by atoms with Crippen LogP contribution in [0.1, 0.15) is 18.9 Å². The monoisotopic (exact) mass is 465 g/mol. The van der Waals surface area contributed by atoms with Gasteiger partial charge in [-0.05, 0) is 37.6 Å². The van der Waals surface area contributed by atoms with E-state index in [0.29, 0.717) is 24.7 Å². The van der Waals surface area contributed by atoms with Crippen molar-refractivity contribution in [2.24, 2.45) is 5.41 Å². The van der Waals surface area contributed by atoms with Crippen LogP contribution < -0.4 is 20.3 Å². The highest BCUT2D eigenvalue weighted by molar-refractivity contribution is 5.87. The van der Waals surface area contributed by atoms with E-state index in [4.69, 9.17) is 9.47 Å². The Kier molecular flexibility index (Phi) is 7.80. The summed E-state index contributed by atoms with van der Waals surface area (Å²) in [5.41, 5.74) is 2.20. The number of nitrogens with zero attached hydrogens (tertiary/aromatic N) is 1. The van der Waals surface area contributed by atoms with E-state index in [1.807, 2.05) is 29.1 Å². The molecule has 1 heterocycles. The van der Waals surface area contributed by atoms with E-state index in [9.17, 15) is 22.8 Å². The largest absolute Gasteiger partial charge is 0.490 e. The summed E-state index contributed by atoms with van der Waals surface area (Å²) >= 11 is 0. The van der Waals surface area contributed by atoms with Gasteiger partial charge in [0.05, 0.1) is 6.61 Å². The molecule has 0 bridgehead atoms. The fourth-order valence-electron chi connectivity index (χ4n) is 3.68. The molecule has 1 aliphatic heterocycles. The van der Waals surface area contributed by atoms with Crippen LogP contribution in [0.5, 0.6) is 11.5 Å². The lowest BCUT2D eigenvalue weighted by Crippen LogP contribution is -2.57. The number of benzene rings is 2. The van der Waals surface area contributed by atoms with Gasteiger partial charge in [-0.15, -0.1) is 0 Å². The molecule has 1 atom stereocenters. The summed E-state index contributed by atoms with van der Waals surface area (Å²) in [6.07, 6.45) is -5.18. The number of hydrazine groups is 1. The molecule has 3 rings (SSSR count). The van der Waals surface area contributed by atoms with Gasteiger partial charge in [-0.2, -0.15) is 13.2 Å². The van der Waals surface area contributed by atoms with Crippen molar-refractivity contribution in [1.29, 1.82) is 0 Å². The summed E-state index contributed by atoms with van der Waals surface area (Å²) in [6, 6.07) is 15.7. The zero-order valence-electron chi connectivity index (χ0n) is 18.2. The Bertz CT molecular complexity index is 955. The Labute approximate surface area is 189 Å². The van der Waals surface area contributed by atoms with Crippen LogP contribution in [0.2, 0.25) is 0 Å². The second-order valence-electron chi connectivity index (χ2n) is 7.70. The number of amides is 2. The molecule has 7 nitrogen and oxygen atoms in total. The Morgan fingerprint density at radius 1 is 1.00 bits per heavy atom. The fourth-order valence-corrected chi connectivity index (χ4v) is 3.68. The normalized spacial score (nSPS) is 18.5. The van der Waals surface area contributed by atoms with Gasteiger partial charge >= 0.3 is 6.18 Å². The van der Waals surface area contributed by atoms with E-state index in [1.165, 1.54) is 0 Å². The van der Waals surface area contributed by atoms with Crippen molar-refractivity contribution in [3.8, 4) is 11.5 Å². The molecule has 2 amide bonds. The lowest BCUT2D eigenvalue weighted by molar-refractivity contribution is -0.218. The van der Waals surface area contributed by atoms with E-state index in [2.05, 4.69) is 0 Å². The molecule has 2 aromatic carbocycles. The Balaban J connectivity index is 1.57. The quantitative estimate of drug-likeness (QED) is 0.586. The van der Waals surface area contributed by atoms with Gasteiger partial charge < -0.3 is 9.47 Å². The summed E-state index contributed by atoms with van der Waals surface area (Å²) in [6.45, 7) is 1.58. The minimum absolute atomic E-state index is 0.104. The number of alkyl halides is 3. The smallest absolute Gasteiger partial charge is 0.404 e. The van der Waals surface area contributed by atoms with Crippen LogP contribution in [0, 0.1) is 5.41 Å². The third-order valence-corrected chi connectivity index (χ3v) is 5.40. The SMILES string of the molecule is CCOc1ccccc1OCC(=O)NNC(=O)C1(C(F)(F)F)CCN(Cc2ccccc2)C1. The number of carbonyl (C=O) groups excluding carboxylic acids is 2. The maximum absolute atomic E-state index is 14.0. The first-order chi connectivity index (χ1) is 15.7. The second kappa shape index (κ2) is 10.6. The third kappa shape index (κ3) is 5.95. The van der Waals surface area contributed by atoms with Crippen LogP contribution in [0.3, 0.4) is 0 Å². The van der Waals surface area contributed by atoms with E-state index < -0.39 is 43.0 Å². The summed E-state index contributed by atoms with van der Waals surface area (Å²) in [7, 11) is 0. The number of halogens is 3. The molecule has 0 radical (unpaired) electrons. The van der Waals surface area contributed by atoms with Crippen LogP contribution in [0.25, 0.3) is 0 Å². The number of rotatable bonds is 8. The van der Waals surface area contributed by atoms with Crippen LogP contribution in [0.4, 0.5) is 13.2 Å². The lowest BCUT2D eigenvalue weighted by Gasteiger charge is -2.30. The molecule has 0 spiro atoms. The highest BCUT2D eigenvalue weighted by Gasteiger charge is 2.63. The minimum atomic E-state index is -4.78. The number of likely N-dealkylation sites (tertiary alicyclic amines) is 1. The highest BCUT2D eigenvalue weighted by atomic mass is 19.4. The van der Waals surface area contributed by atoms with Gasteiger partial charge in [0.15, 0.2) is 23.5 Å². The van der Waals surface area contributed by atoms with Crippen molar-refractivity contribution in [1.82, 2.24) is 15.8 Å². The molecule has 1 unspecified atom stereocenters. The zero-order valence-corrected chi connectivity index (χ0v) is 18.2. The maximum Gasteiger partial charge on any atom is 0.404 e. The number of hydrogen-bond donors (Lipinski definition) is 2. The summed E-state index contributed by atoms with van der Waals surface area (Å²) < 4.78 is 52.6. The Morgan fingerprint density at radius 2 is 1.64 bits per heavy atom. The van der Waals surface area contributed by atoms with Crippen LogP contribution >= 0.6 is 0 Å². The van der Waals surface area contributed by atoms with Gasteiger partial charge in [0, 0.05) is 13.1 Å².